The van der Waals surface area contributed by atoms with Gasteiger partial charge in [-0.05, 0) is 32.4 Å². The van der Waals surface area contributed by atoms with Crippen molar-refractivity contribution in [2.45, 2.75) is 27.3 Å². The van der Waals surface area contributed by atoms with Crippen molar-refractivity contribution in [3.05, 3.63) is 58.9 Å². The van der Waals surface area contributed by atoms with Gasteiger partial charge in [-0.1, -0.05) is 42.5 Å². The van der Waals surface area contributed by atoms with Crippen molar-refractivity contribution in [3.8, 4) is 0 Å². The number of benzene rings is 1. The second kappa shape index (κ2) is 6.68. The third kappa shape index (κ3) is 3.58. The van der Waals surface area contributed by atoms with E-state index in [2.05, 4.69) is 47.1 Å². The molecule has 0 aliphatic heterocycles. The summed E-state index contributed by atoms with van der Waals surface area (Å²) in [5.74, 6) is 0. The second-order valence-electron chi connectivity index (χ2n) is 5.11. The van der Waals surface area contributed by atoms with E-state index in [9.17, 15) is 0 Å². The van der Waals surface area contributed by atoms with Gasteiger partial charge in [0.15, 0.2) is 0 Å². The molecule has 0 bridgehead atoms. The Bertz CT molecular complexity index is 638. The lowest BCUT2D eigenvalue weighted by Crippen LogP contribution is -2.26. The standard InChI is InChI=1S/C17H21N3S/c1-4-20(11-14-8-6-5-7-9-14)15-10-12(2)19-13(3)16(15)17(18)21/h5-10H,4,11H2,1-3H3,(H2,18,21). The molecule has 2 N–H and O–H groups in total. The first-order valence-electron chi connectivity index (χ1n) is 7.09. The van der Waals surface area contributed by atoms with Crippen LogP contribution < -0.4 is 10.6 Å². The van der Waals surface area contributed by atoms with Crippen LogP contribution in [0.25, 0.3) is 0 Å². The Hall–Kier alpha value is -1.94. The van der Waals surface area contributed by atoms with Crippen LogP contribution in [-0.4, -0.2) is 16.5 Å². The smallest absolute Gasteiger partial charge is 0.107 e. The van der Waals surface area contributed by atoms with Crippen LogP contribution in [0.3, 0.4) is 0 Å². The quantitative estimate of drug-likeness (QED) is 0.860. The molecule has 1 aromatic heterocycles. The molecule has 0 unspecified atom stereocenters. The summed E-state index contributed by atoms with van der Waals surface area (Å²) < 4.78 is 0. The zero-order valence-electron chi connectivity index (χ0n) is 12.8. The molecule has 0 saturated heterocycles. The Morgan fingerprint density at radius 2 is 1.90 bits per heavy atom. The Labute approximate surface area is 131 Å². The lowest BCUT2D eigenvalue weighted by Gasteiger charge is -2.26. The summed E-state index contributed by atoms with van der Waals surface area (Å²) in [7, 11) is 0. The predicted octanol–water partition coefficient (Wildman–Crippen LogP) is 3.36. The molecule has 0 atom stereocenters. The zero-order chi connectivity index (χ0) is 15.4. The number of nitrogens with two attached hydrogens (primary N) is 1. The number of aromatic nitrogens is 1. The molecule has 0 spiro atoms. The van der Waals surface area contributed by atoms with Crippen molar-refractivity contribution in [2.24, 2.45) is 5.73 Å². The lowest BCUT2D eigenvalue weighted by molar-refractivity contribution is 0.826. The van der Waals surface area contributed by atoms with Gasteiger partial charge in [-0.25, -0.2) is 0 Å². The average molecular weight is 299 g/mol. The minimum absolute atomic E-state index is 0.404. The fourth-order valence-electron chi connectivity index (χ4n) is 2.53. The molecule has 0 radical (unpaired) electrons. The third-order valence-electron chi connectivity index (χ3n) is 3.49. The summed E-state index contributed by atoms with van der Waals surface area (Å²) >= 11 is 5.22. The van der Waals surface area contributed by atoms with Crippen molar-refractivity contribution in [1.82, 2.24) is 4.98 Å². The summed E-state index contributed by atoms with van der Waals surface area (Å²) in [6.45, 7) is 7.80. The highest BCUT2D eigenvalue weighted by atomic mass is 32.1. The van der Waals surface area contributed by atoms with Crippen LogP contribution in [0.4, 0.5) is 5.69 Å². The molecule has 2 aromatic rings. The van der Waals surface area contributed by atoms with Gasteiger partial charge in [0.05, 0.1) is 11.3 Å². The van der Waals surface area contributed by atoms with Crippen molar-refractivity contribution >= 4 is 22.9 Å². The fraction of sp³-hybridized carbons (Fsp3) is 0.294. The largest absolute Gasteiger partial charge is 0.389 e. The lowest BCUT2D eigenvalue weighted by atomic mass is 10.1. The maximum atomic E-state index is 5.92. The molecule has 0 fully saturated rings. The highest BCUT2D eigenvalue weighted by Crippen LogP contribution is 2.25. The van der Waals surface area contributed by atoms with Gasteiger partial charge in [0.25, 0.3) is 0 Å². The highest BCUT2D eigenvalue weighted by molar-refractivity contribution is 7.80. The van der Waals surface area contributed by atoms with Gasteiger partial charge < -0.3 is 10.6 Å². The predicted molar refractivity (Wildman–Crippen MR) is 92.8 cm³/mol. The first kappa shape index (κ1) is 15.4. The van der Waals surface area contributed by atoms with Gasteiger partial charge in [-0.15, -0.1) is 0 Å². The average Bonchev–Trinajstić information content (AvgIpc) is 2.44. The van der Waals surface area contributed by atoms with Gasteiger partial charge in [0, 0.05) is 24.5 Å². The molecular formula is C17H21N3S. The molecule has 0 amide bonds. The topological polar surface area (TPSA) is 42.2 Å². The van der Waals surface area contributed by atoms with Gasteiger partial charge >= 0.3 is 0 Å². The van der Waals surface area contributed by atoms with Crippen LogP contribution in [0.1, 0.15) is 29.4 Å². The molecule has 0 aliphatic carbocycles. The molecule has 2 rings (SSSR count). The van der Waals surface area contributed by atoms with Gasteiger partial charge in [0.2, 0.25) is 0 Å². The zero-order valence-corrected chi connectivity index (χ0v) is 13.6. The van der Waals surface area contributed by atoms with Crippen molar-refractivity contribution in [3.63, 3.8) is 0 Å². The number of anilines is 1. The van der Waals surface area contributed by atoms with E-state index in [4.69, 9.17) is 18.0 Å². The summed E-state index contributed by atoms with van der Waals surface area (Å²) in [4.78, 5) is 7.17. The number of nitrogens with zero attached hydrogens (tertiary/aromatic N) is 2. The molecule has 1 heterocycles. The maximum absolute atomic E-state index is 5.92. The molecule has 0 saturated carbocycles. The SMILES string of the molecule is CCN(Cc1ccccc1)c1cc(C)nc(C)c1C(N)=S. The molecule has 110 valence electrons. The van der Waals surface area contributed by atoms with Crippen LogP contribution in [-0.2, 0) is 6.54 Å². The first-order chi connectivity index (χ1) is 10.0. The van der Waals surface area contributed by atoms with Gasteiger partial charge in [-0.3, -0.25) is 4.98 Å². The Morgan fingerprint density at radius 3 is 2.48 bits per heavy atom. The van der Waals surface area contributed by atoms with Crippen LogP contribution >= 0.6 is 12.2 Å². The molecule has 1 aromatic carbocycles. The molecule has 21 heavy (non-hydrogen) atoms. The van der Waals surface area contributed by atoms with E-state index >= 15 is 0 Å². The monoisotopic (exact) mass is 299 g/mol. The maximum Gasteiger partial charge on any atom is 0.107 e. The molecule has 3 nitrogen and oxygen atoms in total. The Balaban J connectivity index is 2.44. The van der Waals surface area contributed by atoms with Gasteiger partial charge in [-0.2, -0.15) is 0 Å². The van der Waals surface area contributed by atoms with E-state index in [1.165, 1.54) is 5.56 Å². The number of rotatable bonds is 5. The summed E-state index contributed by atoms with van der Waals surface area (Å²) in [6.07, 6.45) is 0. The fourth-order valence-corrected chi connectivity index (χ4v) is 2.79. The van der Waals surface area contributed by atoms with Crippen LogP contribution in [0.15, 0.2) is 36.4 Å². The van der Waals surface area contributed by atoms with E-state index in [0.29, 0.717) is 4.99 Å². The van der Waals surface area contributed by atoms with E-state index in [0.717, 1.165) is 35.7 Å². The number of aryl methyl sites for hydroxylation is 2. The minimum atomic E-state index is 0.404. The normalized spacial score (nSPS) is 10.4. The van der Waals surface area contributed by atoms with Gasteiger partial charge in [0.1, 0.15) is 4.99 Å². The molecule has 4 heteroatoms. The van der Waals surface area contributed by atoms with Crippen molar-refractivity contribution in [2.75, 3.05) is 11.4 Å². The minimum Gasteiger partial charge on any atom is -0.389 e. The Kier molecular flexibility index (Phi) is 4.91. The van der Waals surface area contributed by atoms with E-state index in [1.807, 2.05) is 19.9 Å². The number of pyridine rings is 1. The second-order valence-corrected chi connectivity index (χ2v) is 5.55. The number of thiocarbonyl (C=S) groups is 1. The van der Waals surface area contributed by atoms with Crippen LogP contribution in [0.5, 0.6) is 0 Å². The summed E-state index contributed by atoms with van der Waals surface area (Å²) in [5, 5.41) is 0. The number of hydrogen-bond acceptors (Lipinski definition) is 3. The summed E-state index contributed by atoms with van der Waals surface area (Å²) in [6, 6.07) is 12.5. The highest BCUT2D eigenvalue weighted by Gasteiger charge is 2.16. The third-order valence-corrected chi connectivity index (χ3v) is 3.70. The van der Waals surface area contributed by atoms with Crippen LogP contribution in [0, 0.1) is 13.8 Å². The van der Waals surface area contributed by atoms with Crippen molar-refractivity contribution in [1.29, 1.82) is 0 Å². The summed E-state index contributed by atoms with van der Waals surface area (Å²) in [5.41, 5.74) is 11.0. The van der Waals surface area contributed by atoms with E-state index in [1.54, 1.807) is 0 Å². The van der Waals surface area contributed by atoms with E-state index < -0.39 is 0 Å². The first-order valence-corrected chi connectivity index (χ1v) is 7.50. The van der Waals surface area contributed by atoms with Crippen molar-refractivity contribution < 1.29 is 0 Å². The van der Waals surface area contributed by atoms with E-state index in [-0.39, 0.29) is 0 Å². The molecule has 0 aliphatic rings. The Morgan fingerprint density at radius 1 is 1.24 bits per heavy atom. The molecular weight excluding hydrogens is 278 g/mol. The van der Waals surface area contributed by atoms with Crippen LogP contribution in [0.2, 0.25) is 0 Å². The number of hydrogen-bond donors (Lipinski definition) is 1.